The van der Waals surface area contributed by atoms with Gasteiger partial charge in [-0.3, -0.25) is 14.9 Å². The number of benzene rings is 3. The molecule has 37 heavy (non-hydrogen) atoms. The third-order valence-corrected chi connectivity index (χ3v) is 5.29. The average molecular weight is 504 g/mol. The van der Waals surface area contributed by atoms with Crippen molar-refractivity contribution in [2.45, 2.75) is 6.92 Å². The van der Waals surface area contributed by atoms with Crippen molar-refractivity contribution in [2.24, 2.45) is 0 Å². The van der Waals surface area contributed by atoms with E-state index in [1.54, 1.807) is 30.0 Å². The van der Waals surface area contributed by atoms with E-state index in [-0.39, 0.29) is 11.7 Å². The maximum absolute atomic E-state index is 12.7. The van der Waals surface area contributed by atoms with E-state index in [0.29, 0.717) is 48.3 Å². The van der Waals surface area contributed by atoms with Crippen LogP contribution in [0.25, 0.3) is 17.1 Å². The topological polar surface area (TPSA) is 131 Å². The summed E-state index contributed by atoms with van der Waals surface area (Å²) in [5.41, 5.74) is 2.14. The lowest BCUT2D eigenvalue weighted by atomic mass is 10.2. The van der Waals surface area contributed by atoms with Crippen LogP contribution in [-0.2, 0) is 4.74 Å². The minimum Gasteiger partial charge on any atom is -0.497 e. The number of methoxy groups -OCH3 is 1. The number of hydrogen-bond acceptors (Lipinski definition) is 8. The molecule has 3 aromatic carbocycles. The quantitative estimate of drug-likeness (QED) is 0.180. The monoisotopic (exact) mass is 503 g/mol. The highest BCUT2D eigenvalue weighted by Gasteiger charge is 2.16. The van der Waals surface area contributed by atoms with Crippen molar-refractivity contribution in [3.05, 3.63) is 88.5 Å². The summed E-state index contributed by atoms with van der Waals surface area (Å²) >= 11 is 0. The van der Waals surface area contributed by atoms with Crippen LogP contribution in [0.15, 0.2) is 72.8 Å². The van der Waals surface area contributed by atoms with E-state index in [4.69, 9.17) is 14.2 Å². The van der Waals surface area contributed by atoms with Crippen molar-refractivity contribution in [1.29, 1.82) is 0 Å². The van der Waals surface area contributed by atoms with Crippen LogP contribution >= 0.6 is 0 Å². The second kappa shape index (κ2) is 11.8. The Morgan fingerprint density at radius 2 is 1.81 bits per heavy atom. The number of nitrogens with one attached hydrogen (secondary N) is 1. The summed E-state index contributed by atoms with van der Waals surface area (Å²) in [4.78, 5) is 27.6. The van der Waals surface area contributed by atoms with Crippen LogP contribution in [0.3, 0.4) is 0 Å². The van der Waals surface area contributed by atoms with Crippen molar-refractivity contribution in [1.82, 2.24) is 14.8 Å². The summed E-state index contributed by atoms with van der Waals surface area (Å²) in [6.07, 6.45) is 0. The predicted octanol–water partition coefficient (Wildman–Crippen LogP) is 4.52. The average Bonchev–Trinajstić information content (AvgIpc) is 3.35. The molecule has 1 N–H and O–H groups in total. The Kier molecular flexibility index (Phi) is 8.06. The van der Waals surface area contributed by atoms with Gasteiger partial charge in [-0.25, -0.2) is 4.68 Å². The highest BCUT2D eigenvalue weighted by atomic mass is 16.6. The second-order valence-corrected chi connectivity index (χ2v) is 7.71. The molecular weight excluding hydrogens is 478 g/mol. The van der Waals surface area contributed by atoms with Gasteiger partial charge in [0.25, 0.3) is 11.6 Å². The number of nitrogens with zero attached hydrogens (tertiary/aromatic N) is 4. The number of non-ortho nitro benzene ring substituents is 1. The number of carbonyl (C=O) groups is 1. The van der Waals surface area contributed by atoms with Gasteiger partial charge >= 0.3 is 6.01 Å². The molecule has 0 radical (unpaired) electrons. The van der Waals surface area contributed by atoms with Gasteiger partial charge in [0.05, 0.1) is 24.3 Å². The molecule has 11 heteroatoms. The molecule has 4 rings (SSSR count). The first-order chi connectivity index (χ1) is 18.0. The predicted molar refractivity (Wildman–Crippen MR) is 136 cm³/mol. The van der Waals surface area contributed by atoms with Crippen LogP contribution in [0.1, 0.15) is 17.3 Å². The Bertz CT molecular complexity index is 1370. The van der Waals surface area contributed by atoms with Gasteiger partial charge in [0.2, 0.25) is 0 Å². The van der Waals surface area contributed by atoms with Crippen LogP contribution in [0.4, 0.5) is 11.4 Å². The fourth-order valence-electron chi connectivity index (χ4n) is 3.45. The maximum Gasteiger partial charge on any atom is 0.336 e. The summed E-state index contributed by atoms with van der Waals surface area (Å²) in [5.74, 6) is 0.841. The molecule has 0 aliphatic carbocycles. The maximum atomic E-state index is 12.7. The number of ether oxygens (including phenoxy) is 3. The van der Waals surface area contributed by atoms with Gasteiger partial charge in [0, 0.05) is 35.6 Å². The van der Waals surface area contributed by atoms with Crippen molar-refractivity contribution in [2.75, 3.05) is 32.2 Å². The van der Waals surface area contributed by atoms with E-state index in [1.807, 2.05) is 37.3 Å². The van der Waals surface area contributed by atoms with Crippen molar-refractivity contribution in [3.8, 4) is 28.8 Å². The van der Waals surface area contributed by atoms with Gasteiger partial charge in [-0.2, -0.15) is 4.98 Å². The number of nitro benzene ring substituents is 1. The minimum atomic E-state index is -0.515. The van der Waals surface area contributed by atoms with Crippen LogP contribution < -0.4 is 14.8 Å². The van der Waals surface area contributed by atoms with Gasteiger partial charge in [-0.1, -0.05) is 6.07 Å². The molecule has 0 aliphatic rings. The number of anilines is 1. The van der Waals surface area contributed by atoms with E-state index >= 15 is 0 Å². The zero-order valence-electron chi connectivity index (χ0n) is 20.3. The third-order valence-electron chi connectivity index (χ3n) is 5.29. The summed E-state index contributed by atoms with van der Waals surface area (Å²) in [6, 6.07) is 20.0. The molecule has 1 heterocycles. The van der Waals surface area contributed by atoms with Gasteiger partial charge in [-0.15, -0.1) is 5.10 Å². The molecule has 0 saturated heterocycles. The highest BCUT2D eigenvalue weighted by Crippen LogP contribution is 2.27. The number of hydrogen-bond donors (Lipinski definition) is 1. The van der Waals surface area contributed by atoms with Gasteiger partial charge in [0.1, 0.15) is 12.4 Å². The molecule has 0 atom stereocenters. The van der Waals surface area contributed by atoms with Crippen molar-refractivity contribution < 1.29 is 23.9 Å². The van der Waals surface area contributed by atoms with E-state index in [2.05, 4.69) is 15.4 Å². The minimum absolute atomic E-state index is 0.0879. The van der Waals surface area contributed by atoms with Crippen LogP contribution in [0.2, 0.25) is 0 Å². The lowest BCUT2D eigenvalue weighted by Gasteiger charge is -2.10. The Labute approximate surface area is 212 Å². The van der Waals surface area contributed by atoms with E-state index in [1.165, 1.54) is 24.3 Å². The Morgan fingerprint density at radius 1 is 1.05 bits per heavy atom. The number of amides is 1. The third kappa shape index (κ3) is 6.27. The highest BCUT2D eigenvalue weighted by molar-refractivity contribution is 6.04. The molecule has 0 fully saturated rings. The molecule has 0 aliphatic heterocycles. The molecule has 1 aromatic heterocycles. The van der Waals surface area contributed by atoms with Crippen LogP contribution in [0.5, 0.6) is 11.8 Å². The second-order valence-electron chi connectivity index (χ2n) is 7.71. The summed E-state index contributed by atoms with van der Waals surface area (Å²) in [6.45, 7) is 3.20. The summed E-state index contributed by atoms with van der Waals surface area (Å²) in [7, 11) is 1.60. The number of nitro groups is 1. The van der Waals surface area contributed by atoms with Gasteiger partial charge < -0.3 is 19.5 Å². The van der Waals surface area contributed by atoms with Crippen LogP contribution in [-0.4, -0.2) is 52.5 Å². The first-order valence-electron chi connectivity index (χ1n) is 11.5. The molecule has 190 valence electrons. The van der Waals surface area contributed by atoms with E-state index in [9.17, 15) is 14.9 Å². The summed E-state index contributed by atoms with van der Waals surface area (Å²) < 4.78 is 17.9. The van der Waals surface area contributed by atoms with Gasteiger partial charge in [-0.05, 0) is 61.5 Å². The van der Waals surface area contributed by atoms with E-state index < -0.39 is 10.8 Å². The van der Waals surface area contributed by atoms with E-state index in [0.717, 1.165) is 5.56 Å². The number of carbonyl (C=O) groups excluding carboxylic acids is 1. The lowest BCUT2D eigenvalue weighted by Crippen LogP contribution is -2.12. The molecule has 4 aromatic rings. The first kappa shape index (κ1) is 25.3. The molecule has 0 saturated carbocycles. The molecule has 1 amide bonds. The zero-order valence-corrected chi connectivity index (χ0v) is 20.3. The molecular formula is C26H25N5O6. The largest absolute Gasteiger partial charge is 0.497 e. The normalized spacial score (nSPS) is 10.6. The Balaban J connectivity index is 1.61. The molecule has 0 spiro atoms. The molecule has 0 bridgehead atoms. The van der Waals surface area contributed by atoms with Crippen molar-refractivity contribution in [3.63, 3.8) is 0 Å². The molecule has 0 unspecified atom stereocenters. The van der Waals surface area contributed by atoms with Crippen molar-refractivity contribution >= 4 is 17.3 Å². The number of aromatic nitrogens is 3. The fourth-order valence-corrected chi connectivity index (χ4v) is 3.45. The first-order valence-corrected chi connectivity index (χ1v) is 11.5. The molecule has 11 nitrogen and oxygen atoms in total. The fraction of sp³-hybridized carbons (Fsp3) is 0.192. The standard InChI is InChI=1S/C26H25N5O6/c1-3-36-15-16-37-26-28-24(18-9-13-23(35-2)14-10-18)30(29-26)22-6-4-5-20(17-22)27-25(32)19-7-11-21(12-8-19)31(33)34/h4-14,17H,3,15-16H2,1-2H3,(H,27,32). The zero-order chi connectivity index (χ0) is 26.2. The smallest absolute Gasteiger partial charge is 0.336 e. The van der Waals surface area contributed by atoms with Gasteiger partial charge in [0.15, 0.2) is 5.82 Å². The lowest BCUT2D eigenvalue weighted by molar-refractivity contribution is -0.384. The Morgan fingerprint density at radius 3 is 2.49 bits per heavy atom. The Hall–Kier alpha value is -4.77. The SMILES string of the molecule is CCOCCOc1nc(-c2ccc(OC)cc2)n(-c2cccc(NC(=O)c3ccc([N+](=O)[O-])cc3)c2)n1. The van der Waals surface area contributed by atoms with Crippen LogP contribution in [0, 0.1) is 10.1 Å². The number of rotatable bonds is 11. The summed E-state index contributed by atoms with van der Waals surface area (Å²) in [5, 5.41) is 18.2.